The molecule has 6 nitrogen and oxygen atoms in total. The highest BCUT2D eigenvalue weighted by Gasteiger charge is 2.34. The van der Waals surface area contributed by atoms with Crippen LogP contribution in [0.5, 0.6) is 0 Å². The highest BCUT2D eigenvalue weighted by Crippen LogP contribution is 2.34. The molecule has 2 aromatic carbocycles. The first kappa shape index (κ1) is 19.5. The van der Waals surface area contributed by atoms with Crippen molar-refractivity contribution < 1.29 is 23.5 Å². The van der Waals surface area contributed by atoms with Crippen LogP contribution < -0.4 is 10.6 Å². The second-order valence-electron chi connectivity index (χ2n) is 6.87. The summed E-state index contributed by atoms with van der Waals surface area (Å²) in [6.07, 6.45) is -1.18. The molecular formula is C21H21FN2O4. The molecule has 1 aliphatic heterocycles. The number of amides is 2. The smallest absolute Gasteiger partial charge is 0.314 e. The molecule has 2 atom stereocenters. The summed E-state index contributed by atoms with van der Waals surface area (Å²) in [5.74, 6) is -2.99. The summed E-state index contributed by atoms with van der Waals surface area (Å²) in [7, 11) is 0. The van der Waals surface area contributed by atoms with Crippen molar-refractivity contribution in [2.45, 2.75) is 39.2 Å². The SMILES string of the molecule is Cc1cccc(C)c1NC(=O)C(C)OC(=O)C1CC(=O)Nc2cc(F)ccc21. The standard InChI is InChI=1S/C21H21FN2O4/c1-11-5-4-6-12(2)19(11)24-20(26)13(3)28-21(27)16-10-18(25)23-17-9-14(22)7-8-15(16)17/h4-9,13,16H,10H2,1-3H3,(H,23,25)(H,24,26). The molecule has 0 saturated carbocycles. The number of fused-ring (bicyclic) bond motifs is 1. The van der Waals surface area contributed by atoms with E-state index in [1.54, 1.807) is 0 Å². The molecule has 0 aliphatic carbocycles. The van der Waals surface area contributed by atoms with Gasteiger partial charge in [-0.2, -0.15) is 0 Å². The Hall–Kier alpha value is -3.22. The highest BCUT2D eigenvalue weighted by molar-refractivity contribution is 6.01. The quantitative estimate of drug-likeness (QED) is 0.791. The molecule has 0 spiro atoms. The molecule has 0 saturated heterocycles. The number of benzene rings is 2. The number of esters is 1. The fourth-order valence-corrected chi connectivity index (χ4v) is 3.19. The topological polar surface area (TPSA) is 84.5 Å². The van der Waals surface area contributed by atoms with Gasteiger partial charge in [-0.05, 0) is 49.6 Å². The van der Waals surface area contributed by atoms with Gasteiger partial charge in [-0.15, -0.1) is 0 Å². The Balaban J connectivity index is 1.72. The molecule has 28 heavy (non-hydrogen) atoms. The number of hydrogen-bond acceptors (Lipinski definition) is 4. The van der Waals surface area contributed by atoms with Crippen LogP contribution in [-0.4, -0.2) is 23.9 Å². The number of carbonyl (C=O) groups is 3. The van der Waals surface area contributed by atoms with E-state index in [2.05, 4.69) is 10.6 Å². The molecule has 0 radical (unpaired) electrons. The Morgan fingerprint density at radius 2 is 1.89 bits per heavy atom. The van der Waals surface area contributed by atoms with E-state index in [0.29, 0.717) is 11.3 Å². The minimum absolute atomic E-state index is 0.122. The van der Waals surface area contributed by atoms with Crippen molar-refractivity contribution in [1.82, 2.24) is 0 Å². The van der Waals surface area contributed by atoms with Gasteiger partial charge in [-0.3, -0.25) is 14.4 Å². The van der Waals surface area contributed by atoms with Crippen LogP contribution in [0.4, 0.5) is 15.8 Å². The molecule has 2 amide bonds. The van der Waals surface area contributed by atoms with E-state index < -0.39 is 35.6 Å². The van der Waals surface area contributed by atoms with Crippen molar-refractivity contribution in [2.75, 3.05) is 10.6 Å². The number of aryl methyl sites for hydroxylation is 2. The van der Waals surface area contributed by atoms with Gasteiger partial charge in [-0.25, -0.2) is 4.39 Å². The number of anilines is 2. The lowest BCUT2D eigenvalue weighted by atomic mass is 9.90. The zero-order valence-corrected chi connectivity index (χ0v) is 15.8. The van der Waals surface area contributed by atoms with Crippen molar-refractivity contribution in [1.29, 1.82) is 0 Å². The third kappa shape index (κ3) is 4.03. The number of ether oxygens (including phenoxy) is 1. The second-order valence-corrected chi connectivity index (χ2v) is 6.87. The third-order valence-electron chi connectivity index (χ3n) is 4.73. The van der Waals surface area contributed by atoms with Crippen LogP contribution in [0.2, 0.25) is 0 Å². The average Bonchev–Trinajstić information content (AvgIpc) is 2.63. The lowest BCUT2D eigenvalue weighted by molar-refractivity contribution is -0.155. The van der Waals surface area contributed by atoms with Gasteiger partial charge >= 0.3 is 5.97 Å². The molecule has 1 heterocycles. The normalized spacial score (nSPS) is 16.6. The van der Waals surface area contributed by atoms with E-state index in [1.807, 2.05) is 32.0 Å². The van der Waals surface area contributed by atoms with Crippen LogP contribution in [0.25, 0.3) is 0 Å². The Morgan fingerprint density at radius 3 is 2.57 bits per heavy atom. The monoisotopic (exact) mass is 384 g/mol. The number of rotatable bonds is 4. The van der Waals surface area contributed by atoms with E-state index in [4.69, 9.17) is 4.74 Å². The summed E-state index contributed by atoms with van der Waals surface area (Å²) < 4.78 is 18.7. The van der Waals surface area contributed by atoms with Crippen LogP contribution >= 0.6 is 0 Å². The van der Waals surface area contributed by atoms with Crippen molar-refractivity contribution in [3.05, 3.63) is 58.9 Å². The summed E-state index contributed by atoms with van der Waals surface area (Å²) in [4.78, 5) is 37.0. The predicted molar refractivity (Wildman–Crippen MR) is 102 cm³/mol. The first-order valence-electron chi connectivity index (χ1n) is 8.93. The van der Waals surface area contributed by atoms with E-state index in [9.17, 15) is 18.8 Å². The Labute approximate surface area is 162 Å². The van der Waals surface area contributed by atoms with Crippen molar-refractivity contribution in [3.63, 3.8) is 0 Å². The van der Waals surface area contributed by atoms with E-state index in [1.165, 1.54) is 19.1 Å². The first-order valence-corrected chi connectivity index (χ1v) is 8.93. The summed E-state index contributed by atoms with van der Waals surface area (Å²) in [5.41, 5.74) is 3.17. The largest absolute Gasteiger partial charge is 0.452 e. The molecule has 0 fully saturated rings. The van der Waals surface area contributed by atoms with Gasteiger partial charge in [0.2, 0.25) is 5.91 Å². The molecule has 7 heteroatoms. The van der Waals surface area contributed by atoms with E-state index in [-0.39, 0.29) is 12.1 Å². The van der Waals surface area contributed by atoms with Gasteiger partial charge in [0.25, 0.3) is 5.91 Å². The molecule has 0 aromatic heterocycles. The summed E-state index contributed by atoms with van der Waals surface area (Å²) in [6.45, 7) is 5.21. The maximum atomic E-state index is 13.4. The third-order valence-corrected chi connectivity index (χ3v) is 4.73. The van der Waals surface area contributed by atoms with Crippen molar-refractivity contribution >= 4 is 29.2 Å². The number of halogens is 1. The predicted octanol–water partition coefficient (Wildman–Crippen LogP) is 3.44. The maximum Gasteiger partial charge on any atom is 0.314 e. The minimum atomic E-state index is -1.06. The minimum Gasteiger partial charge on any atom is -0.452 e. The van der Waals surface area contributed by atoms with Gasteiger partial charge < -0.3 is 15.4 Å². The number of para-hydroxylation sites is 1. The van der Waals surface area contributed by atoms with Crippen molar-refractivity contribution in [3.8, 4) is 0 Å². The van der Waals surface area contributed by atoms with E-state index >= 15 is 0 Å². The fraction of sp³-hybridized carbons (Fsp3) is 0.286. The lowest BCUT2D eigenvalue weighted by Gasteiger charge is -2.25. The molecule has 2 unspecified atom stereocenters. The maximum absolute atomic E-state index is 13.4. The molecule has 2 N–H and O–H groups in total. The van der Waals surface area contributed by atoms with Crippen LogP contribution in [0.15, 0.2) is 36.4 Å². The molecule has 146 valence electrons. The first-order chi connectivity index (χ1) is 13.3. The number of carbonyl (C=O) groups excluding carboxylic acids is 3. The van der Waals surface area contributed by atoms with Gasteiger partial charge in [0.15, 0.2) is 6.10 Å². The molecule has 2 aromatic rings. The summed E-state index contributed by atoms with van der Waals surface area (Å²) in [5, 5.41) is 5.32. The van der Waals surface area contributed by atoms with Crippen LogP contribution in [0, 0.1) is 19.7 Å². The van der Waals surface area contributed by atoms with Crippen LogP contribution in [-0.2, 0) is 19.1 Å². The molecule has 3 rings (SSSR count). The number of hydrogen-bond donors (Lipinski definition) is 2. The second kappa shape index (κ2) is 7.80. The molecule has 1 aliphatic rings. The Morgan fingerprint density at radius 1 is 1.21 bits per heavy atom. The zero-order chi connectivity index (χ0) is 20.4. The highest BCUT2D eigenvalue weighted by atomic mass is 19.1. The van der Waals surface area contributed by atoms with Crippen molar-refractivity contribution in [2.24, 2.45) is 0 Å². The zero-order valence-electron chi connectivity index (χ0n) is 15.8. The summed E-state index contributed by atoms with van der Waals surface area (Å²) in [6, 6.07) is 9.44. The summed E-state index contributed by atoms with van der Waals surface area (Å²) >= 11 is 0. The fourth-order valence-electron chi connectivity index (χ4n) is 3.19. The molecular weight excluding hydrogens is 363 g/mol. The van der Waals surface area contributed by atoms with Gasteiger partial charge in [0.05, 0.1) is 5.92 Å². The van der Waals surface area contributed by atoms with Crippen LogP contribution in [0.1, 0.15) is 36.0 Å². The average molecular weight is 384 g/mol. The Bertz CT molecular complexity index is 937. The van der Waals surface area contributed by atoms with Gasteiger partial charge in [-0.1, -0.05) is 24.3 Å². The Kier molecular flexibility index (Phi) is 5.44. The molecule has 0 bridgehead atoms. The number of nitrogens with one attached hydrogen (secondary N) is 2. The van der Waals surface area contributed by atoms with Gasteiger partial charge in [0.1, 0.15) is 5.82 Å². The van der Waals surface area contributed by atoms with Gasteiger partial charge in [0, 0.05) is 17.8 Å². The van der Waals surface area contributed by atoms with E-state index in [0.717, 1.165) is 17.2 Å². The van der Waals surface area contributed by atoms with Crippen LogP contribution in [0.3, 0.4) is 0 Å². The lowest BCUT2D eigenvalue weighted by Crippen LogP contribution is -2.34.